The zero-order valence-electron chi connectivity index (χ0n) is 16.7. The number of aliphatic hydroxyl groups is 1. The molecule has 3 aromatic rings. The lowest BCUT2D eigenvalue weighted by molar-refractivity contribution is 0.0622. The van der Waals surface area contributed by atoms with E-state index in [2.05, 4.69) is 0 Å². The van der Waals surface area contributed by atoms with E-state index >= 15 is 0 Å². The molecule has 0 aliphatic heterocycles. The van der Waals surface area contributed by atoms with E-state index in [4.69, 9.17) is 4.74 Å². The molecule has 3 aromatic carbocycles. The Morgan fingerprint density at radius 2 is 1.60 bits per heavy atom. The third kappa shape index (κ3) is 6.34. The van der Waals surface area contributed by atoms with Crippen LogP contribution in [0.1, 0.15) is 16.7 Å². The molecule has 3 nitrogen and oxygen atoms in total. The fourth-order valence-corrected chi connectivity index (χ4v) is 3.18. The molecule has 0 bridgehead atoms. The summed E-state index contributed by atoms with van der Waals surface area (Å²) in [7, 11) is 0. The van der Waals surface area contributed by atoms with Crippen LogP contribution < -0.4 is 4.74 Å². The van der Waals surface area contributed by atoms with Crippen LogP contribution in [0.25, 0.3) is 0 Å². The molecule has 0 aliphatic rings. The van der Waals surface area contributed by atoms with Gasteiger partial charge in [0.05, 0.1) is 0 Å². The lowest BCUT2D eigenvalue weighted by Crippen LogP contribution is -2.35. The van der Waals surface area contributed by atoms with Gasteiger partial charge in [-0.1, -0.05) is 36.4 Å². The Hall–Kier alpha value is -2.83. The van der Waals surface area contributed by atoms with Crippen LogP contribution >= 0.6 is 0 Å². The zero-order valence-corrected chi connectivity index (χ0v) is 16.7. The number of halogens is 3. The van der Waals surface area contributed by atoms with Crippen LogP contribution in [0.15, 0.2) is 66.7 Å². The van der Waals surface area contributed by atoms with E-state index < -0.39 is 17.7 Å². The molecule has 0 radical (unpaired) electrons. The second-order valence-corrected chi connectivity index (χ2v) is 7.26. The third-order valence-electron chi connectivity index (χ3n) is 4.72. The normalized spacial score (nSPS) is 12.2. The second-order valence-electron chi connectivity index (χ2n) is 7.26. The van der Waals surface area contributed by atoms with E-state index in [0.717, 1.165) is 17.2 Å². The van der Waals surface area contributed by atoms with E-state index in [0.29, 0.717) is 17.9 Å². The third-order valence-corrected chi connectivity index (χ3v) is 4.72. The van der Waals surface area contributed by atoms with E-state index in [1.54, 1.807) is 12.1 Å². The Morgan fingerprint density at radius 1 is 0.900 bits per heavy atom. The van der Waals surface area contributed by atoms with Crippen LogP contribution in [-0.2, 0) is 13.1 Å². The molecule has 30 heavy (non-hydrogen) atoms. The highest BCUT2D eigenvalue weighted by Crippen LogP contribution is 2.18. The van der Waals surface area contributed by atoms with Crippen LogP contribution in [0.4, 0.5) is 13.2 Å². The fourth-order valence-electron chi connectivity index (χ4n) is 3.18. The van der Waals surface area contributed by atoms with Crippen molar-refractivity contribution in [3.05, 3.63) is 101 Å². The molecular formula is C24H24F3NO2. The maximum atomic E-state index is 14.2. The number of nitrogens with zero attached hydrogens (tertiary/aromatic N) is 1. The summed E-state index contributed by atoms with van der Waals surface area (Å²) >= 11 is 0. The van der Waals surface area contributed by atoms with Gasteiger partial charge in [0.25, 0.3) is 0 Å². The molecule has 6 heteroatoms. The minimum atomic E-state index is -0.839. The first kappa shape index (κ1) is 21.9. The summed E-state index contributed by atoms with van der Waals surface area (Å²) in [5.41, 5.74) is 2.08. The number of hydrogen-bond donors (Lipinski definition) is 1. The Bertz CT molecular complexity index is 963. The molecule has 0 aromatic heterocycles. The van der Waals surface area contributed by atoms with Gasteiger partial charge in [0.2, 0.25) is 0 Å². The highest BCUT2D eigenvalue weighted by molar-refractivity contribution is 5.31. The molecule has 0 fully saturated rings. The average Bonchev–Trinajstić information content (AvgIpc) is 2.71. The standard InChI is InChI=1S/C24H24F3NO2/c1-17-4-2-3-5-24(17)30-16-22(29)15-28(13-18-6-9-20(25)10-7-18)14-19-8-11-21(26)12-23(19)27/h2-12,22,29H,13-16H2,1H3/t22-/m0/s1. The first-order valence-corrected chi connectivity index (χ1v) is 9.68. The summed E-state index contributed by atoms with van der Waals surface area (Å²) < 4.78 is 46.3. The predicted octanol–water partition coefficient (Wildman–Crippen LogP) is 4.85. The number of ether oxygens (including phenoxy) is 1. The van der Waals surface area contributed by atoms with Gasteiger partial charge in [-0.2, -0.15) is 0 Å². The topological polar surface area (TPSA) is 32.7 Å². The minimum Gasteiger partial charge on any atom is -0.491 e. The highest BCUT2D eigenvalue weighted by Gasteiger charge is 2.16. The Labute approximate surface area is 174 Å². The molecular weight excluding hydrogens is 391 g/mol. The van der Waals surface area contributed by atoms with Crippen molar-refractivity contribution in [2.45, 2.75) is 26.1 Å². The number of para-hydroxylation sites is 1. The molecule has 0 saturated heterocycles. The quantitative estimate of drug-likeness (QED) is 0.542. The molecule has 3 rings (SSSR count). The van der Waals surface area contributed by atoms with E-state index in [9.17, 15) is 18.3 Å². The molecule has 0 heterocycles. The van der Waals surface area contributed by atoms with Gasteiger partial charge in [-0.25, -0.2) is 13.2 Å². The first-order valence-electron chi connectivity index (χ1n) is 9.68. The van der Waals surface area contributed by atoms with Gasteiger partial charge >= 0.3 is 0 Å². The first-order chi connectivity index (χ1) is 14.4. The van der Waals surface area contributed by atoms with E-state index in [-0.39, 0.29) is 25.5 Å². The van der Waals surface area contributed by atoms with Gasteiger partial charge in [0, 0.05) is 31.3 Å². The molecule has 0 spiro atoms. The van der Waals surface area contributed by atoms with Gasteiger partial charge in [-0.05, 0) is 42.3 Å². The Kier molecular flexibility index (Phi) is 7.49. The van der Waals surface area contributed by atoms with Gasteiger partial charge in [-0.3, -0.25) is 4.90 Å². The van der Waals surface area contributed by atoms with Crippen LogP contribution in [-0.4, -0.2) is 29.3 Å². The summed E-state index contributed by atoms with van der Waals surface area (Å²) in [5, 5.41) is 10.5. The summed E-state index contributed by atoms with van der Waals surface area (Å²) in [6.45, 7) is 2.69. The average molecular weight is 415 g/mol. The van der Waals surface area contributed by atoms with Crippen molar-refractivity contribution in [2.24, 2.45) is 0 Å². The van der Waals surface area contributed by atoms with Crippen molar-refractivity contribution in [3.8, 4) is 5.75 Å². The highest BCUT2D eigenvalue weighted by atomic mass is 19.1. The fraction of sp³-hybridized carbons (Fsp3) is 0.250. The van der Waals surface area contributed by atoms with Crippen molar-refractivity contribution >= 4 is 0 Å². The molecule has 1 atom stereocenters. The Balaban J connectivity index is 1.69. The van der Waals surface area contributed by atoms with Gasteiger partial charge in [0.1, 0.15) is 35.9 Å². The summed E-state index contributed by atoms with van der Waals surface area (Å²) in [6.07, 6.45) is -0.839. The van der Waals surface area contributed by atoms with Crippen molar-refractivity contribution in [2.75, 3.05) is 13.2 Å². The Morgan fingerprint density at radius 3 is 2.30 bits per heavy atom. The van der Waals surface area contributed by atoms with Gasteiger partial charge in [0.15, 0.2) is 0 Å². The predicted molar refractivity (Wildman–Crippen MR) is 110 cm³/mol. The summed E-state index contributed by atoms with van der Waals surface area (Å²) in [5.74, 6) is -0.953. The second kappa shape index (κ2) is 10.3. The lowest BCUT2D eigenvalue weighted by Gasteiger charge is -2.26. The number of aryl methyl sites for hydroxylation is 1. The SMILES string of the molecule is Cc1ccccc1OC[C@@H](O)CN(Cc1ccc(F)cc1)Cc1ccc(F)cc1F. The minimum absolute atomic E-state index is 0.0661. The summed E-state index contributed by atoms with van der Waals surface area (Å²) in [4.78, 5) is 1.81. The molecule has 0 saturated carbocycles. The van der Waals surface area contributed by atoms with Crippen LogP contribution in [0, 0.1) is 24.4 Å². The lowest BCUT2D eigenvalue weighted by atomic mass is 10.1. The van der Waals surface area contributed by atoms with Crippen LogP contribution in [0.3, 0.4) is 0 Å². The van der Waals surface area contributed by atoms with Crippen LogP contribution in [0.5, 0.6) is 5.75 Å². The number of hydrogen-bond acceptors (Lipinski definition) is 3. The molecule has 0 aliphatic carbocycles. The van der Waals surface area contributed by atoms with Crippen molar-refractivity contribution < 1.29 is 23.0 Å². The largest absolute Gasteiger partial charge is 0.491 e. The maximum Gasteiger partial charge on any atom is 0.130 e. The van der Waals surface area contributed by atoms with Gasteiger partial charge in [-0.15, -0.1) is 0 Å². The van der Waals surface area contributed by atoms with E-state index in [1.807, 2.05) is 36.1 Å². The summed E-state index contributed by atoms with van der Waals surface area (Å²) in [6, 6.07) is 16.9. The number of rotatable bonds is 9. The maximum absolute atomic E-state index is 14.2. The van der Waals surface area contributed by atoms with Gasteiger partial charge < -0.3 is 9.84 Å². The smallest absolute Gasteiger partial charge is 0.130 e. The molecule has 0 unspecified atom stereocenters. The van der Waals surface area contributed by atoms with Crippen molar-refractivity contribution in [1.82, 2.24) is 4.90 Å². The van der Waals surface area contributed by atoms with Crippen molar-refractivity contribution in [3.63, 3.8) is 0 Å². The zero-order chi connectivity index (χ0) is 21.5. The number of benzene rings is 3. The molecule has 158 valence electrons. The van der Waals surface area contributed by atoms with Crippen molar-refractivity contribution in [1.29, 1.82) is 0 Å². The van der Waals surface area contributed by atoms with Crippen LogP contribution in [0.2, 0.25) is 0 Å². The monoisotopic (exact) mass is 415 g/mol. The molecule has 0 amide bonds. The molecule has 1 N–H and O–H groups in total. The number of aliphatic hydroxyl groups excluding tert-OH is 1. The van der Waals surface area contributed by atoms with E-state index in [1.165, 1.54) is 24.3 Å².